The highest BCUT2D eigenvalue weighted by Crippen LogP contribution is 2.24. The Kier molecular flexibility index (Phi) is 13.0. The molecule has 0 aromatic rings. The first-order valence-corrected chi connectivity index (χ1v) is 10.9. The zero-order valence-corrected chi connectivity index (χ0v) is 16.8. The number of aliphatic hydroxyl groups is 1. The summed E-state index contributed by atoms with van der Waals surface area (Å²) in [5.41, 5.74) is 0. The molecular formula is C22H43N2O+. The SMILES string of the molecule is C=CCCCCCCCCCCCCCC1N=CC[N+]1(CC)CCO. The Morgan fingerprint density at radius 1 is 1.00 bits per heavy atom. The van der Waals surface area contributed by atoms with Gasteiger partial charge in [0.1, 0.15) is 13.1 Å². The van der Waals surface area contributed by atoms with Crippen LogP contribution in [0.4, 0.5) is 0 Å². The number of hydrogen-bond donors (Lipinski definition) is 1. The zero-order chi connectivity index (χ0) is 18.2. The molecule has 0 saturated heterocycles. The number of aliphatic hydroxyl groups excluding tert-OH is 1. The summed E-state index contributed by atoms with van der Waals surface area (Å²) in [6.07, 6.45) is 22.1. The lowest BCUT2D eigenvalue weighted by molar-refractivity contribution is -0.936. The molecule has 0 aliphatic carbocycles. The van der Waals surface area contributed by atoms with E-state index in [9.17, 15) is 5.11 Å². The predicted octanol–water partition coefficient (Wildman–Crippen LogP) is 5.48. The van der Waals surface area contributed by atoms with Crippen molar-refractivity contribution >= 4 is 6.21 Å². The van der Waals surface area contributed by atoms with Gasteiger partial charge in [0.05, 0.1) is 19.4 Å². The van der Waals surface area contributed by atoms with Crippen molar-refractivity contribution in [1.29, 1.82) is 0 Å². The first-order chi connectivity index (χ1) is 12.3. The smallest absolute Gasteiger partial charge is 0.182 e. The van der Waals surface area contributed by atoms with Crippen LogP contribution in [0.25, 0.3) is 0 Å². The van der Waals surface area contributed by atoms with Crippen LogP contribution < -0.4 is 0 Å². The standard InChI is InChI=1S/C22H43N2O/c1-3-5-6-7-8-9-10-11-12-13-14-15-16-17-22-23-18-19-24(22,4-2)20-21-25/h3,18,22,25H,1,4-17,19-21H2,2H3/q+1. The highest BCUT2D eigenvalue weighted by Gasteiger charge is 2.36. The molecule has 2 atom stereocenters. The summed E-state index contributed by atoms with van der Waals surface area (Å²) in [6.45, 7) is 9.23. The van der Waals surface area contributed by atoms with Crippen molar-refractivity contribution in [3.63, 3.8) is 0 Å². The van der Waals surface area contributed by atoms with E-state index in [1.807, 2.05) is 6.08 Å². The second-order valence-corrected chi connectivity index (χ2v) is 7.73. The van der Waals surface area contributed by atoms with Crippen molar-refractivity contribution in [2.75, 3.05) is 26.2 Å². The Morgan fingerprint density at radius 2 is 1.56 bits per heavy atom. The van der Waals surface area contributed by atoms with Crippen LogP contribution in [0.3, 0.4) is 0 Å². The maximum absolute atomic E-state index is 9.35. The predicted molar refractivity (Wildman–Crippen MR) is 110 cm³/mol. The average Bonchev–Trinajstić information content (AvgIpc) is 3.02. The number of aliphatic imine (C=N–C) groups is 1. The molecule has 3 nitrogen and oxygen atoms in total. The third-order valence-corrected chi connectivity index (χ3v) is 5.90. The zero-order valence-electron chi connectivity index (χ0n) is 16.8. The molecule has 146 valence electrons. The number of allylic oxidation sites excluding steroid dienone is 1. The summed E-state index contributed by atoms with van der Waals surface area (Å²) in [6, 6.07) is 0. The van der Waals surface area contributed by atoms with Gasteiger partial charge in [0.15, 0.2) is 6.17 Å². The molecule has 0 saturated carbocycles. The Balaban J connectivity index is 1.93. The van der Waals surface area contributed by atoms with Gasteiger partial charge in [0.25, 0.3) is 0 Å². The molecule has 1 aliphatic rings. The number of likely N-dealkylation sites (N-methyl/N-ethyl adjacent to an activating group) is 1. The normalized spacial score (nSPS) is 22.6. The molecule has 0 fully saturated rings. The fourth-order valence-electron chi connectivity index (χ4n) is 4.09. The van der Waals surface area contributed by atoms with Crippen LogP contribution in [0.5, 0.6) is 0 Å². The van der Waals surface area contributed by atoms with Gasteiger partial charge in [-0.05, 0) is 26.2 Å². The van der Waals surface area contributed by atoms with E-state index < -0.39 is 0 Å². The van der Waals surface area contributed by atoms with Gasteiger partial charge >= 0.3 is 0 Å². The van der Waals surface area contributed by atoms with Crippen LogP contribution in [0, 0.1) is 0 Å². The second kappa shape index (κ2) is 14.5. The monoisotopic (exact) mass is 351 g/mol. The van der Waals surface area contributed by atoms with Gasteiger partial charge in [-0.1, -0.05) is 63.9 Å². The summed E-state index contributed by atoms with van der Waals surface area (Å²) < 4.78 is 0.975. The van der Waals surface area contributed by atoms with Crippen LogP contribution in [0.2, 0.25) is 0 Å². The quantitative estimate of drug-likeness (QED) is 0.210. The summed E-state index contributed by atoms with van der Waals surface area (Å²) >= 11 is 0. The molecule has 3 heteroatoms. The van der Waals surface area contributed by atoms with Gasteiger partial charge in [0.2, 0.25) is 0 Å². The van der Waals surface area contributed by atoms with Crippen LogP contribution in [-0.4, -0.2) is 48.2 Å². The molecular weight excluding hydrogens is 308 g/mol. The Morgan fingerprint density at radius 3 is 2.08 bits per heavy atom. The third kappa shape index (κ3) is 9.01. The van der Waals surface area contributed by atoms with E-state index in [1.165, 1.54) is 83.5 Å². The van der Waals surface area contributed by atoms with E-state index in [-0.39, 0.29) is 6.61 Å². The minimum atomic E-state index is 0.280. The fourth-order valence-corrected chi connectivity index (χ4v) is 4.09. The first kappa shape index (κ1) is 22.4. The largest absolute Gasteiger partial charge is 0.391 e. The van der Waals surface area contributed by atoms with Crippen molar-refractivity contribution in [3.05, 3.63) is 12.7 Å². The van der Waals surface area contributed by atoms with Gasteiger partial charge in [-0.15, -0.1) is 6.58 Å². The summed E-state index contributed by atoms with van der Waals surface area (Å²) in [4.78, 5) is 4.70. The molecule has 1 rings (SSSR count). The van der Waals surface area contributed by atoms with Crippen LogP contribution >= 0.6 is 0 Å². The topological polar surface area (TPSA) is 32.6 Å². The van der Waals surface area contributed by atoms with E-state index >= 15 is 0 Å². The van der Waals surface area contributed by atoms with E-state index in [4.69, 9.17) is 4.99 Å². The molecule has 2 unspecified atom stereocenters. The lowest BCUT2D eigenvalue weighted by atomic mass is 10.0. The van der Waals surface area contributed by atoms with Crippen molar-refractivity contribution in [1.82, 2.24) is 0 Å². The van der Waals surface area contributed by atoms with Crippen LogP contribution in [0.1, 0.15) is 90.4 Å². The maximum atomic E-state index is 9.35. The van der Waals surface area contributed by atoms with E-state index in [0.717, 1.165) is 24.1 Å². The average molecular weight is 352 g/mol. The van der Waals surface area contributed by atoms with Gasteiger partial charge < -0.3 is 5.11 Å². The Hall–Kier alpha value is -0.670. The van der Waals surface area contributed by atoms with E-state index in [0.29, 0.717) is 6.17 Å². The van der Waals surface area contributed by atoms with Gasteiger partial charge in [-0.3, -0.25) is 4.48 Å². The molecule has 1 aliphatic heterocycles. The van der Waals surface area contributed by atoms with Crippen molar-refractivity contribution < 1.29 is 9.59 Å². The lowest BCUT2D eigenvalue weighted by Crippen LogP contribution is -2.53. The highest BCUT2D eigenvalue weighted by atomic mass is 16.3. The fraction of sp³-hybridized carbons (Fsp3) is 0.864. The number of nitrogens with zero attached hydrogens (tertiary/aromatic N) is 2. The molecule has 0 aromatic heterocycles. The summed E-state index contributed by atoms with van der Waals surface area (Å²) in [7, 11) is 0. The van der Waals surface area contributed by atoms with Crippen LogP contribution in [-0.2, 0) is 0 Å². The maximum Gasteiger partial charge on any atom is 0.182 e. The van der Waals surface area contributed by atoms with Crippen molar-refractivity contribution in [2.24, 2.45) is 4.99 Å². The summed E-state index contributed by atoms with van der Waals surface area (Å²) in [5, 5.41) is 9.35. The Labute approximate surface area is 156 Å². The molecule has 0 aromatic carbocycles. The lowest BCUT2D eigenvalue weighted by Gasteiger charge is -2.37. The first-order valence-electron chi connectivity index (χ1n) is 10.9. The summed E-state index contributed by atoms with van der Waals surface area (Å²) in [5.74, 6) is 0. The van der Waals surface area contributed by atoms with E-state index in [2.05, 4.69) is 19.7 Å². The number of unbranched alkanes of at least 4 members (excludes halogenated alkanes) is 11. The highest BCUT2D eigenvalue weighted by molar-refractivity contribution is 5.60. The molecule has 0 spiro atoms. The minimum absolute atomic E-state index is 0.280. The van der Waals surface area contributed by atoms with Gasteiger partial charge in [0, 0.05) is 6.42 Å². The molecule has 0 amide bonds. The molecule has 1 N–H and O–H groups in total. The van der Waals surface area contributed by atoms with Crippen molar-refractivity contribution in [2.45, 2.75) is 96.6 Å². The minimum Gasteiger partial charge on any atom is -0.391 e. The Bertz CT molecular complexity index is 356. The number of hydrogen-bond acceptors (Lipinski definition) is 2. The van der Waals surface area contributed by atoms with Crippen LogP contribution in [0.15, 0.2) is 17.6 Å². The van der Waals surface area contributed by atoms with Gasteiger partial charge in [-0.25, -0.2) is 4.99 Å². The molecule has 0 bridgehead atoms. The molecule has 25 heavy (non-hydrogen) atoms. The number of quaternary nitrogens is 1. The van der Waals surface area contributed by atoms with E-state index in [1.54, 1.807) is 0 Å². The third-order valence-electron chi connectivity index (χ3n) is 5.90. The number of rotatable bonds is 17. The molecule has 1 heterocycles. The molecule has 0 radical (unpaired) electrons. The second-order valence-electron chi connectivity index (χ2n) is 7.73. The van der Waals surface area contributed by atoms with Gasteiger partial charge in [-0.2, -0.15) is 0 Å². The van der Waals surface area contributed by atoms with Crippen molar-refractivity contribution in [3.8, 4) is 0 Å².